The Morgan fingerprint density at radius 1 is 1.62 bits per heavy atom. The highest BCUT2D eigenvalue weighted by molar-refractivity contribution is 6.19. The van der Waals surface area contributed by atoms with Gasteiger partial charge < -0.3 is 4.74 Å². The number of carbonyl (C=O) groups excluding carboxylic acids is 1. The molecule has 0 atom stereocenters. The van der Waals surface area contributed by atoms with Gasteiger partial charge in [0.05, 0.1) is 11.8 Å². The Balaban J connectivity index is 2.12. The average Bonchev–Trinajstić information content (AvgIpc) is 2.92. The molecule has 3 heteroatoms. The molecule has 2 nitrogen and oxygen atoms in total. The van der Waals surface area contributed by atoms with Crippen LogP contribution in [-0.4, -0.2) is 18.5 Å². The molecule has 70 valence electrons. The monoisotopic (exact) mass is 198 g/mol. The summed E-state index contributed by atoms with van der Waals surface area (Å²) in [5.74, 6) is 2.60. The lowest BCUT2D eigenvalue weighted by Crippen LogP contribution is -2.17. The minimum absolute atomic E-state index is 0.159. The number of rotatable bonds is 5. The Morgan fingerprint density at radius 2 is 2.31 bits per heavy atom. The van der Waals surface area contributed by atoms with E-state index in [1.54, 1.807) is 0 Å². The first kappa shape index (κ1) is 10.1. The smallest absolute Gasteiger partial charge is 0.306 e. The number of halogens is 1. The molecular weight excluding hydrogens is 188 g/mol. The molecule has 0 aromatic heterocycles. The van der Waals surface area contributed by atoms with Crippen molar-refractivity contribution in [3.8, 4) is 12.3 Å². The van der Waals surface area contributed by atoms with Crippen LogP contribution in [-0.2, 0) is 9.53 Å². The molecule has 1 rings (SSSR count). The van der Waals surface area contributed by atoms with E-state index in [4.69, 9.17) is 22.8 Å². The predicted octanol–water partition coefficient (Wildman–Crippen LogP) is 1.74. The fraction of sp³-hybridized carbons (Fsp3) is 0.500. The van der Waals surface area contributed by atoms with Gasteiger partial charge in [0.25, 0.3) is 0 Å². The Morgan fingerprint density at radius 3 is 2.77 bits per heavy atom. The molecule has 0 bridgehead atoms. The number of ether oxygens (including phenoxy) is 1. The lowest BCUT2D eigenvalue weighted by molar-refractivity contribution is -0.144. The van der Waals surface area contributed by atoms with Gasteiger partial charge in [0.15, 0.2) is 0 Å². The molecule has 0 N–H and O–H groups in total. The summed E-state index contributed by atoms with van der Waals surface area (Å²) in [4.78, 5) is 11.0. The molecule has 0 saturated carbocycles. The summed E-state index contributed by atoms with van der Waals surface area (Å²) in [5, 5.41) is 0. The predicted molar refractivity (Wildman–Crippen MR) is 51.3 cm³/mol. The van der Waals surface area contributed by atoms with E-state index in [1.807, 2.05) is 12.2 Å². The van der Waals surface area contributed by atoms with Crippen molar-refractivity contribution in [2.75, 3.05) is 12.5 Å². The van der Waals surface area contributed by atoms with Crippen molar-refractivity contribution in [1.29, 1.82) is 0 Å². The summed E-state index contributed by atoms with van der Waals surface area (Å²) in [5.41, 5.74) is -0.159. The zero-order chi connectivity index (χ0) is 9.73. The highest BCUT2D eigenvalue weighted by atomic mass is 35.5. The third-order valence-electron chi connectivity index (χ3n) is 1.86. The van der Waals surface area contributed by atoms with E-state index >= 15 is 0 Å². The van der Waals surface area contributed by atoms with Gasteiger partial charge in [0, 0.05) is 12.3 Å². The van der Waals surface area contributed by atoms with Crippen molar-refractivity contribution in [3.63, 3.8) is 0 Å². The van der Waals surface area contributed by atoms with E-state index in [0.717, 1.165) is 0 Å². The van der Waals surface area contributed by atoms with Gasteiger partial charge in [0.2, 0.25) is 0 Å². The second-order valence-electron chi connectivity index (χ2n) is 3.06. The highest BCUT2D eigenvalue weighted by Gasteiger charge is 2.34. The maximum Gasteiger partial charge on any atom is 0.306 e. The molecule has 1 aliphatic rings. The molecule has 13 heavy (non-hydrogen) atoms. The minimum Gasteiger partial charge on any atom is -0.464 e. The topological polar surface area (TPSA) is 26.3 Å². The first-order valence-corrected chi connectivity index (χ1v) is 4.61. The molecule has 0 aromatic rings. The van der Waals surface area contributed by atoms with Crippen LogP contribution in [0, 0.1) is 17.8 Å². The number of terminal acetylenes is 1. The summed E-state index contributed by atoms with van der Waals surface area (Å²) in [6.45, 7) is 0.347. The van der Waals surface area contributed by atoms with Gasteiger partial charge in [-0.3, -0.25) is 4.79 Å². The van der Waals surface area contributed by atoms with Crippen molar-refractivity contribution in [1.82, 2.24) is 0 Å². The quantitative estimate of drug-likeness (QED) is 0.291. The number of carbonyl (C=O) groups is 1. The van der Waals surface area contributed by atoms with Crippen LogP contribution in [0.15, 0.2) is 12.2 Å². The van der Waals surface area contributed by atoms with Gasteiger partial charge >= 0.3 is 5.97 Å². The first-order chi connectivity index (χ1) is 6.22. The van der Waals surface area contributed by atoms with Gasteiger partial charge in [-0.1, -0.05) is 12.2 Å². The van der Waals surface area contributed by atoms with Crippen LogP contribution in [0.4, 0.5) is 0 Å². The molecule has 0 amide bonds. The summed E-state index contributed by atoms with van der Waals surface area (Å²) >= 11 is 5.66. The van der Waals surface area contributed by atoms with Gasteiger partial charge in [-0.2, -0.15) is 0 Å². The van der Waals surface area contributed by atoms with E-state index < -0.39 is 0 Å². The fourth-order valence-corrected chi connectivity index (χ4v) is 1.06. The van der Waals surface area contributed by atoms with E-state index in [-0.39, 0.29) is 17.8 Å². The zero-order valence-electron chi connectivity index (χ0n) is 7.25. The van der Waals surface area contributed by atoms with Crippen LogP contribution >= 0.6 is 11.6 Å². The fourth-order valence-electron chi connectivity index (χ4n) is 0.803. The largest absolute Gasteiger partial charge is 0.464 e. The van der Waals surface area contributed by atoms with E-state index in [2.05, 4.69) is 5.92 Å². The van der Waals surface area contributed by atoms with E-state index in [1.165, 1.54) is 0 Å². The molecule has 0 radical (unpaired) electrons. The van der Waals surface area contributed by atoms with Crippen molar-refractivity contribution in [2.24, 2.45) is 5.41 Å². The number of hydrogen-bond donors (Lipinski definition) is 0. The minimum atomic E-state index is -0.254. The summed E-state index contributed by atoms with van der Waals surface area (Å²) < 4.78 is 4.98. The van der Waals surface area contributed by atoms with Crippen molar-refractivity contribution >= 4 is 17.6 Å². The summed E-state index contributed by atoms with van der Waals surface area (Å²) in [7, 11) is 0. The second-order valence-corrected chi connectivity index (χ2v) is 3.33. The Hall–Kier alpha value is -0.940. The highest BCUT2D eigenvalue weighted by Crippen LogP contribution is 2.35. The van der Waals surface area contributed by atoms with Crippen LogP contribution in [0.2, 0.25) is 0 Å². The third kappa shape index (κ3) is 3.12. The normalized spacial score (nSPS) is 16.3. The number of hydrogen-bond acceptors (Lipinski definition) is 2. The SMILES string of the molecule is C#CCCC(=O)OCC1(CCl)C=C1. The third-order valence-corrected chi connectivity index (χ3v) is 2.36. The van der Waals surface area contributed by atoms with Crippen LogP contribution in [0.25, 0.3) is 0 Å². The van der Waals surface area contributed by atoms with E-state index in [9.17, 15) is 4.79 Å². The maximum absolute atomic E-state index is 11.0. The van der Waals surface area contributed by atoms with E-state index in [0.29, 0.717) is 18.9 Å². The van der Waals surface area contributed by atoms with Gasteiger partial charge in [-0.25, -0.2) is 0 Å². The average molecular weight is 199 g/mol. The van der Waals surface area contributed by atoms with Crippen molar-refractivity contribution in [3.05, 3.63) is 12.2 Å². The lowest BCUT2D eigenvalue weighted by atomic mass is 10.1. The van der Waals surface area contributed by atoms with Crippen LogP contribution in [0.3, 0.4) is 0 Å². The molecule has 0 heterocycles. The molecule has 1 aliphatic carbocycles. The van der Waals surface area contributed by atoms with Gasteiger partial charge in [0.1, 0.15) is 6.61 Å². The summed E-state index contributed by atoms with van der Waals surface area (Å²) in [6, 6.07) is 0. The number of alkyl halides is 1. The Bertz CT molecular complexity index is 257. The lowest BCUT2D eigenvalue weighted by Gasteiger charge is -2.11. The molecule has 0 saturated heterocycles. The number of esters is 1. The molecular formula is C10H11ClO2. The van der Waals surface area contributed by atoms with Crippen LogP contribution in [0.5, 0.6) is 0 Å². The maximum atomic E-state index is 11.0. The first-order valence-electron chi connectivity index (χ1n) is 4.08. The van der Waals surface area contributed by atoms with Crippen molar-refractivity contribution in [2.45, 2.75) is 12.8 Å². The van der Waals surface area contributed by atoms with Crippen molar-refractivity contribution < 1.29 is 9.53 Å². The van der Waals surface area contributed by atoms with Crippen LogP contribution < -0.4 is 0 Å². The van der Waals surface area contributed by atoms with Gasteiger partial charge in [-0.15, -0.1) is 23.9 Å². The molecule has 0 unspecified atom stereocenters. The Labute approximate surface area is 82.9 Å². The second kappa shape index (κ2) is 4.34. The molecule has 0 spiro atoms. The summed E-state index contributed by atoms with van der Waals surface area (Å²) in [6.07, 6.45) is 9.60. The zero-order valence-corrected chi connectivity index (χ0v) is 8.01. The van der Waals surface area contributed by atoms with Gasteiger partial charge in [-0.05, 0) is 0 Å². The molecule has 0 fully saturated rings. The molecule has 0 aliphatic heterocycles. The standard InChI is InChI=1S/C10H11ClO2/c1-2-3-4-9(12)13-8-10(7-11)5-6-10/h1,5-6H,3-4,7-8H2. The molecule has 0 aromatic carbocycles. The Kier molecular flexibility index (Phi) is 3.39. The van der Waals surface area contributed by atoms with Crippen LogP contribution in [0.1, 0.15) is 12.8 Å².